The number of nitrogens with one attached hydrogen (secondary N) is 1. The maximum atomic E-state index is 12.5. The quantitative estimate of drug-likeness (QED) is 0.663. The topological polar surface area (TPSA) is 80.8 Å². The van der Waals surface area contributed by atoms with Crippen molar-refractivity contribution in [3.05, 3.63) is 54.7 Å². The minimum atomic E-state index is -0.207. The number of ether oxygens (including phenoxy) is 2. The summed E-state index contributed by atoms with van der Waals surface area (Å²) in [6, 6.07) is 14.6. The second-order valence-electron chi connectivity index (χ2n) is 6.39. The minimum absolute atomic E-state index is 0.123. The van der Waals surface area contributed by atoms with E-state index >= 15 is 0 Å². The van der Waals surface area contributed by atoms with Crippen LogP contribution in [0.3, 0.4) is 0 Å². The second-order valence-corrected chi connectivity index (χ2v) is 6.39. The first-order valence-electron chi connectivity index (χ1n) is 9.17. The second kappa shape index (κ2) is 9.05. The first-order valence-corrected chi connectivity index (χ1v) is 9.17. The molecule has 0 fully saturated rings. The Hall–Kier alpha value is -3.61. The number of hydrogen-bond acceptors (Lipinski definition) is 5. The van der Waals surface area contributed by atoms with Crippen molar-refractivity contribution in [1.82, 2.24) is 4.98 Å². The normalized spacial score (nSPS) is 10.4. The van der Waals surface area contributed by atoms with E-state index in [9.17, 15) is 9.59 Å². The molecule has 1 heterocycles. The molecule has 0 radical (unpaired) electrons. The third kappa shape index (κ3) is 4.63. The summed E-state index contributed by atoms with van der Waals surface area (Å²) in [6.07, 6.45) is 1.81. The van der Waals surface area contributed by atoms with Crippen molar-refractivity contribution in [2.75, 3.05) is 31.0 Å². The van der Waals surface area contributed by atoms with Gasteiger partial charge in [-0.1, -0.05) is 18.2 Å². The van der Waals surface area contributed by atoms with Crippen LogP contribution in [-0.4, -0.2) is 37.6 Å². The number of rotatable bonds is 7. The lowest BCUT2D eigenvalue weighted by atomic mass is 10.2. The highest BCUT2D eigenvalue weighted by Crippen LogP contribution is 2.32. The van der Waals surface area contributed by atoms with Crippen LogP contribution < -0.4 is 19.7 Å². The fourth-order valence-corrected chi connectivity index (χ4v) is 3.09. The molecule has 0 aliphatic carbocycles. The molecule has 1 N–H and O–H groups in total. The molecule has 3 aromatic rings. The number of carbonyl (C=O) groups is 2. The van der Waals surface area contributed by atoms with Crippen LogP contribution in [0.15, 0.2) is 54.7 Å². The molecule has 0 saturated carbocycles. The first-order chi connectivity index (χ1) is 14.0. The molecule has 3 rings (SSSR count). The Balaban J connectivity index is 1.74. The highest BCUT2D eigenvalue weighted by molar-refractivity contribution is 6.01. The summed E-state index contributed by atoms with van der Waals surface area (Å²) in [5.41, 5.74) is 1.95. The van der Waals surface area contributed by atoms with E-state index in [1.165, 1.54) is 18.9 Å². The fraction of sp³-hybridized carbons (Fsp3) is 0.227. The molecular weight excluding hydrogens is 370 g/mol. The molecule has 2 amide bonds. The van der Waals surface area contributed by atoms with Gasteiger partial charge in [0, 0.05) is 37.5 Å². The zero-order valence-corrected chi connectivity index (χ0v) is 16.6. The van der Waals surface area contributed by atoms with Crippen LogP contribution in [0.25, 0.3) is 10.9 Å². The molecule has 0 aliphatic heterocycles. The average molecular weight is 393 g/mol. The lowest BCUT2D eigenvalue weighted by molar-refractivity contribution is -0.117. The SMILES string of the molecule is COc1ccc(N(CCC(=O)Nc2cccc3cccnc23)C(C)=O)c(OC)c1. The van der Waals surface area contributed by atoms with Crippen LogP contribution in [0.2, 0.25) is 0 Å². The molecule has 29 heavy (non-hydrogen) atoms. The smallest absolute Gasteiger partial charge is 0.226 e. The van der Waals surface area contributed by atoms with Gasteiger partial charge in [0.25, 0.3) is 0 Å². The Morgan fingerprint density at radius 1 is 1.07 bits per heavy atom. The third-order valence-corrected chi connectivity index (χ3v) is 4.53. The lowest BCUT2D eigenvalue weighted by Gasteiger charge is -2.23. The molecule has 0 spiro atoms. The molecule has 0 bridgehead atoms. The predicted molar refractivity (Wildman–Crippen MR) is 113 cm³/mol. The van der Waals surface area contributed by atoms with E-state index < -0.39 is 0 Å². The van der Waals surface area contributed by atoms with Gasteiger partial charge in [0.2, 0.25) is 11.8 Å². The Kier molecular flexibility index (Phi) is 6.29. The summed E-state index contributed by atoms with van der Waals surface area (Å²) in [6.45, 7) is 1.66. The molecule has 0 unspecified atom stereocenters. The number of para-hydroxylation sites is 1. The molecule has 0 saturated heterocycles. The summed E-state index contributed by atoms with van der Waals surface area (Å²) in [5, 5.41) is 3.83. The summed E-state index contributed by atoms with van der Waals surface area (Å²) in [7, 11) is 3.08. The van der Waals surface area contributed by atoms with Crippen molar-refractivity contribution in [2.45, 2.75) is 13.3 Å². The average Bonchev–Trinajstić information content (AvgIpc) is 2.74. The van der Waals surface area contributed by atoms with E-state index in [2.05, 4.69) is 10.3 Å². The highest BCUT2D eigenvalue weighted by atomic mass is 16.5. The Bertz CT molecular complexity index is 1030. The van der Waals surface area contributed by atoms with Gasteiger partial charge in [0.1, 0.15) is 11.5 Å². The van der Waals surface area contributed by atoms with E-state index in [0.29, 0.717) is 22.9 Å². The number of anilines is 2. The number of aromatic nitrogens is 1. The van der Waals surface area contributed by atoms with Gasteiger partial charge >= 0.3 is 0 Å². The summed E-state index contributed by atoms with van der Waals surface area (Å²) in [4.78, 5) is 30.6. The molecule has 0 atom stereocenters. The predicted octanol–water partition coefficient (Wildman–Crippen LogP) is 3.63. The largest absolute Gasteiger partial charge is 0.497 e. The number of methoxy groups -OCH3 is 2. The van der Waals surface area contributed by atoms with Crippen LogP contribution >= 0.6 is 0 Å². The van der Waals surface area contributed by atoms with Gasteiger partial charge in [0.05, 0.1) is 31.1 Å². The molecule has 2 aromatic carbocycles. The molecule has 0 aliphatic rings. The van der Waals surface area contributed by atoms with Gasteiger partial charge in [0.15, 0.2) is 0 Å². The van der Waals surface area contributed by atoms with Crippen molar-refractivity contribution in [3.63, 3.8) is 0 Å². The van der Waals surface area contributed by atoms with Gasteiger partial charge in [-0.2, -0.15) is 0 Å². The van der Waals surface area contributed by atoms with Gasteiger partial charge in [-0.15, -0.1) is 0 Å². The van der Waals surface area contributed by atoms with Crippen LogP contribution in [-0.2, 0) is 9.59 Å². The number of carbonyl (C=O) groups excluding carboxylic acids is 2. The lowest BCUT2D eigenvalue weighted by Crippen LogP contribution is -2.32. The van der Waals surface area contributed by atoms with Crippen molar-refractivity contribution in [3.8, 4) is 11.5 Å². The molecular formula is C22H23N3O4. The van der Waals surface area contributed by atoms with E-state index in [1.54, 1.807) is 31.5 Å². The first kappa shape index (κ1) is 20.1. The van der Waals surface area contributed by atoms with Crippen LogP contribution in [0, 0.1) is 0 Å². The molecule has 7 heteroatoms. The van der Waals surface area contributed by atoms with Gasteiger partial charge in [-0.05, 0) is 24.3 Å². The highest BCUT2D eigenvalue weighted by Gasteiger charge is 2.18. The molecule has 1 aromatic heterocycles. The molecule has 150 valence electrons. The number of benzene rings is 2. The molecule has 7 nitrogen and oxygen atoms in total. The third-order valence-electron chi connectivity index (χ3n) is 4.53. The van der Waals surface area contributed by atoms with Crippen molar-refractivity contribution in [2.24, 2.45) is 0 Å². The van der Waals surface area contributed by atoms with Gasteiger partial charge in [-0.3, -0.25) is 14.6 Å². The Morgan fingerprint density at radius 3 is 2.59 bits per heavy atom. The fourth-order valence-electron chi connectivity index (χ4n) is 3.09. The van der Waals surface area contributed by atoms with E-state index in [1.807, 2.05) is 30.3 Å². The van der Waals surface area contributed by atoms with E-state index in [0.717, 1.165) is 10.9 Å². The van der Waals surface area contributed by atoms with Crippen molar-refractivity contribution >= 4 is 34.1 Å². The van der Waals surface area contributed by atoms with Crippen LogP contribution in [0.5, 0.6) is 11.5 Å². The van der Waals surface area contributed by atoms with E-state index in [-0.39, 0.29) is 24.8 Å². The van der Waals surface area contributed by atoms with Crippen molar-refractivity contribution in [1.29, 1.82) is 0 Å². The maximum absolute atomic E-state index is 12.5. The van der Waals surface area contributed by atoms with Gasteiger partial charge in [-0.25, -0.2) is 0 Å². The standard InChI is InChI=1S/C22H23N3O4/c1-15(26)25(19-10-9-17(28-2)14-20(19)29-3)13-11-21(27)24-18-8-4-6-16-7-5-12-23-22(16)18/h4-10,12,14H,11,13H2,1-3H3,(H,24,27). The van der Waals surface area contributed by atoms with Gasteiger partial charge < -0.3 is 19.7 Å². The maximum Gasteiger partial charge on any atom is 0.226 e. The number of pyridine rings is 1. The number of nitrogens with zero attached hydrogens (tertiary/aromatic N) is 2. The summed E-state index contributed by atoms with van der Waals surface area (Å²) in [5.74, 6) is 0.725. The van der Waals surface area contributed by atoms with Crippen LogP contribution in [0.4, 0.5) is 11.4 Å². The zero-order valence-electron chi connectivity index (χ0n) is 16.6. The Morgan fingerprint density at radius 2 is 1.86 bits per heavy atom. The van der Waals surface area contributed by atoms with E-state index in [4.69, 9.17) is 9.47 Å². The van der Waals surface area contributed by atoms with Crippen LogP contribution in [0.1, 0.15) is 13.3 Å². The number of amides is 2. The monoisotopic (exact) mass is 393 g/mol. The zero-order chi connectivity index (χ0) is 20.8. The number of hydrogen-bond donors (Lipinski definition) is 1. The summed E-state index contributed by atoms with van der Waals surface area (Å²) >= 11 is 0. The Labute approximate surface area is 169 Å². The van der Waals surface area contributed by atoms with Crippen molar-refractivity contribution < 1.29 is 19.1 Å². The number of fused-ring (bicyclic) bond motifs is 1. The minimum Gasteiger partial charge on any atom is -0.497 e. The summed E-state index contributed by atoms with van der Waals surface area (Å²) < 4.78 is 10.6.